The van der Waals surface area contributed by atoms with Crippen molar-refractivity contribution in [3.63, 3.8) is 0 Å². The summed E-state index contributed by atoms with van der Waals surface area (Å²) in [5.74, 6) is 0. The van der Waals surface area contributed by atoms with Crippen LogP contribution in [0.15, 0.2) is 0 Å². The van der Waals surface area contributed by atoms with E-state index in [1.54, 1.807) is 0 Å². The van der Waals surface area contributed by atoms with Crippen molar-refractivity contribution in [2.24, 2.45) is 0 Å². The quantitative estimate of drug-likeness (QED) is 0.733. The predicted octanol–water partition coefficient (Wildman–Crippen LogP) is 2.08. The smallest absolute Gasteiger partial charge is 0.0666 e. The highest BCUT2D eigenvalue weighted by Gasteiger charge is 2.31. The molecule has 0 saturated carbocycles. The van der Waals surface area contributed by atoms with Crippen molar-refractivity contribution in [3.05, 3.63) is 0 Å². The molecule has 0 aromatic heterocycles. The van der Waals surface area contributed by atoms with E-state index < -0.39 is 0 Å². The van der Waals surface area contributed by atoms with Crippen LogP contribution in [0.2, 0.25) is 0 Å². The number of hydrogen-bond acceptors (Lipinski definition) is 3. The van der Waals surface area contributed by atoms with Crippen molar-refractivity contribution in [2.45, 2.75) is 70.6 Å². The van der Waals surface area contributed by atoms with Gasteiger partial charge in [0.2, 0.25) is 0 Å². The summed E-state index contributed by atoms with van der Waals surface area (Å²) in [6.07, 6.45) is 5.24. The summed E-state index contributed by atoms with van der Waals surface area (Å²) < 4.78 is 5.83. The Kier molecular flexibility index (Phi) is 5.73. The van der Waals surface area contributed by atoms with Crippen LogP contribution in [0.1, 0.15) is 52.9 Å². The highest BCUT2D eigenvalue weighted by molar-refractivity contribution is 4.86. The highest BCUT2D eigenvalue weighted by Crippen LogP contribution is 2.27. The van der Waals surface area contributed by atoms with Gasteiger partial charge >= 0.3 is 0 Å². The van der Waals surface area contributed by atoms with Crippen molar-refractivity contribution in [1.82, 2.24) is 5.32 Å². The predicted molar refractivity (Wildman–Crippen MR) is 66.6 cm³/mol. The lowest BCUT2D eigenvalue weighted by Gasteiger charge is -2.39. The van der Waals surface area contributed by atoms with E-state index in [0.29, 0.717) is 18.7 Å². The second kappa shape index (κ2) is 6.58. The summed E-state index contributed by atoms with van der Waals surface area (Å²) in [6.45, 7) is 7.77. The first-order valence-corrected chi connectivity index (χ1v) is 6.60. The van der Waals surface area contributed by atoms with Gasteiger partial charge in [-0.25, -0.2) is 0 Å². The summed E-state index contributed by atoms with van der Waals surface area (Å²) in [5, 5.41) is 12.4. The largest absolute Gasteiger partial charge is 0.396 e. The number of nitrogens with one attached hydrogen (secondary N) is 1. The van der Waals surface area contributed by atoms with Crippen LogP contribution in [-0.2, 0) is 4.74 Å². The Morgan fingerprint density at radius 1 is 1.56 bits per heavy atom. The second-order valence-electron chi connectivity index (χ2n) is 5.28. The van der Waals surface area contributed by atoms with E-state index in [9.17, 15) is 0 Å². The van der Waals surface area contributed by atoms with Crippen molar-refractivity contribution >= 4 is 0 Å². The number of aliphatic hydroxyl groups excluding tert-OH is 1. The van der Waals surface area contributed by atoms with Crippen LogP contribution in [0, 0.1) is 0 Å². The van der Waals surface area contributed by atoms with Crippen molar-refractivity contribution in [2.75, 3.05) is 13.2 Å². The maximum absolute atomic E-state index is 8.79. The Morgan fingerprint density at radius 2 is 2.31 bits per heavy atom. The molecule has 1 saturated heterocycles. The van der Waals surface area contributed by atoms with Gasteiger partial charge < -0.3 is 15.2 Å². The van der Waals surface area contributed by atoms with Crippen LogP contribution in [0.25, 0.3) is 0 Å². The first-order chi connectivity index (χ1) is 7.59. The van der Waals surface area contributed by atoms with Gasteiger partial charge in [0.1, 0.15) is 0 Å². The molecule has 0 amide bonds. The van der Waals surface area contributed by atoms with E-state index in [4.69, 9.17) is 9.84 Å². The molecule has 0 radical (unpaired) electrons. The Hall–Kier alpha value is -0.120. The molecule has 0 aromatic rings. The molecule has 3 unspecified atom stereocenters. The van der Waals surface area contributed by atoms with E-state index in [1.165, 1.54) is 0 Å². The average molecular weight is 229 g/mol. The number of rotatable bonds is 6. The summed E-state index contributed by atoms with van der Waals surface area (Å²) in [6, 6.07) is 1.07. The first kappa shape index (κ1) is 13.9. The van der Waals surface area contributed by atoms with Gasteiger partial charge in [0, 0.05) is 25.3 Å². The van der Waals surface area contributed by atoms with E-state index >= 15 is 0 Å². The fourth-order valence-electron chi connectivity index (χ4n) is 2.40. The normalized spacial score (nSPS) is 32.6. The van der Waals surface area contributed by atoms with E-state index in [-0.39, 0.29) is 5.60 Å². The Bertz CT molecular complexity index is 198. The van der Waals surface area contributed by atoms with Gasteiger partial charge in [-0.05, 0) is 46.0 Å². The lowest BCUT2D eigenvalue weighted by Crippen LogP contribution is -2.47. The maximum Gasteiger partial charge on any atom is 0.0666 e. The third-order valence-corrected chi connectivity index (χ3v) is 3.66. The molecule has 3 heteroatoms. The van der Waals surface area contributed by atoms with Crippen LogP contribution in [-0.4, -0.2) is 36.0 Å². The Morgan fingerprint density at radius 3 is 2.94 bits per heavy atom. The molecule has 0 bridgehead atoms. The molecule has 2 N–H and O–H groups in total. The summed E-state index contributed by atoms with van der Waals surface area (Å²) in [4.78, 5) is 0. The van der Waals surface area contributed by atoms with Crippen LogP contribution < -0.4 is 5.32 Å². The minimum atomic E-state index is 0.0621. The third kappa shape index (κ3) is 4.40. The third-order valence-electron chi connectivity index (χ3n) is 3.66. The molecule has 0 aliphatic carbocycles. The van der Waals surface area contributed by atoms with E-state index in [1.807, 2.05) is 0 Å². The molecule has 0 spiro atoms. The molecule has 3 nitrogen and oxygen atoms in total. The molecule has 96 valence electrons. The van der Waals surface area contributed by atoms with Crippen molar-refractivity contribution < 1.29 is 9.84 Å². The molecule has 1 heterocycles. The van der Waals surface area contributed by atoms with Crippen molar-refractivity contribution in [1.29, 1.82) is 0 Å². The zero-order valence-electron chi connectivity index (χ0n) is 11.0. The zero-order valence-corrected chi connectivity index (χ0v) is 11.0. The van der Waals surface area contributed by atoms with Gasteiger partial charge in [-0.15, -0.1) is 0 Å². The summed E-state index contributed by atoms with van der Waals surface area (Å²) >= 11 is 0. The topological polar surface area (TPSA) is 41.5 Å². The molecule has 1 aliphatic rings. The van der Waals surface area contributed by atoms with Gasteiger partial charge in [0.05, 0.1) is 5.60 Å². The van der Waals surface area contributed by atoms with Gasteiger partial charge in [-0.1, -0.05) is 6.92 Å². The van der Waals surface area contributed by atoms with Gasteiger partial charge in [-0.2, -0.15) is 0 Å². The molecule has 1 fully saturated rings. The van der Waals surface area contributed by atoms with Gasteiger partial charge in [0.15, 0.2) is 0 Å². The zero-order chi connectivity index (χ0) is 12.0. The maximum atomic E-state index is 8.79. The second-order valence-corrected chi connectivity index (χ2v) is 5.28. The molecule has 16 heavy (non-hydrogen) atoms. The fraction of sp³-hybridized carbons (Fsp3) is 1.00. The highest BCUT2D eigenvalue weighted by atomic mass is 16.5. The minimum Gasteiger partial charge on any atom is -0.396 e. The molecule has 1 aliphatic heterocycles. The molecule has 3 atom stereocenters. The van der Waals surface area contributed by atoms with Crippen LogP contribution in [0.4, 0.5) is 0 Å². The van der Waals surface area contributed by atoms with Crippen LogP contribution in [0.5, 0.6) is 0 Å². The summed E-state index contributed by atoms with van der Waals surface area (Å²) in [5.41, 5.74) is 0.0621. The van der Waals surface area contributed by atoms with E-state index in [2.05, 4.69) is 26.1 Å². The van der Waals surface area contributed by atoms with Gasteiger partial charge in [0.25, 0.3) is 0 Å². The first-order valence-electron chi connectivity index (χ1n) is 6.60. The average Bonchev–Trinajstić information content (AvgIpc) is 2.26. The van der Waals surface area contributed by atoms with E-state index in [0.717, 1.165) is 38.7 Å². The summed E-state index contributed by atoms with van der Waals surface area (Å²) in [7, 11) is 0. The fourth-order valence-corrected chi connectivity index (χ4v) is 2.40. The number of hydrogen-bond donors (Lipinski definition) is 2. The van der Waals surface area contributed by atoms with Crippen LogP contribution in [0.3, 0.4) is 0 Å². The number of ether oxygens (including phenoxy) is 1. The molecule has 1 rings (SSSR count). The minimum absolute atomic E-state index is 0.0621. The molecular formula is C13H27NO2. The van der Waals surface area contributed by atoms with Crippen LogP contribution >= 0.6 is 0 Å². The lowest BCUT2D eigenvalue weighted by atomic mass is 9.89. The molecular weight excluding hydrogens is 202 g/mol. The Balaban J connectivity index is 2.31. The monoisotopic (exact) mass is 229 g/mol. The Labute approximate surface area is 99.6 Å². The van der Waals surface area contributed by atoms with Crippen molar-refractivity contribution in [3.8, 4) is 0 Å². The molecule has 0 aromatic carbocycles. The number of aliphatic hydroxyl groups is 1. The lowest BCUT2D eigenvalue weighted by molar-refractivity contribution is -0.0790. The van der Waals surface area contributed by atoms with Gasteiger partial charge in [-0.3, -0.25) is 0 Å². The SMILES string of the molecule is CCC1(C)CC(NC(C)CCCO)CCO1. The standard InChI is InChI=1S/C13H27NO2/c1-4-13(3)10-12(7-9-16-13)14-11(2)6-5-8-15/h11-12,14-15H,4-10H2,1-3H3.